The van der Waals surface area contributed by atoms with Gasteiger partial charge in [0.25, 0.3) is 0 Å². The van der Waals surface area contributed by atoms with Crippen molar-refractivity contribution in [2.75, 3.05) is 13.2 Å². The predicted octanol–water partition coefficient (Wildman–Crippen LogP) is 5.79. The highest BCUT2D eigenvalue weighted by Gasteiger charge is 1.88. The average molecular weight is 313 g/mol. The zero-order valence-corrected chi connectivity index (χ0v) is 15.1. The largest absolute Gasteiger partial charge is 0.392 e. The number of hydrogen-bond acceptors (Lipinski definition) is 2. The van der Waals surface area contributed by atoms with Crippen LogP contribution in [0.15, 0.2) is 24.3 Å². The molecule has 0 bridgehead atoms. The monoisotopic (exact) mass is 312 g/mol. The van der Waals surface area contributed by atoms with Crippen LogP contribution in [0.2, 0.25) is 0 Å². The molecule has 0 aliphatic heterocycles. The number of unbranched alkanes of at least 4 members (excludes halogenated alkanes) is 10. The van der Waals surface area contributed by atoms with Crippen molar-refractivity contribution in [2.45, 2.75) is 90.9 Å². The molecular weight excluding hydrogens is 272 g/mol. The molecule has 0 atom stereocenters. The van der Waals surface area contributed by atoms with Gasteiger partial charge in [0.05, 0.1) is 13.2 Å². The molecule has 2 N–H and O–H groups in total. The lowest BCUT2D eigenvalue weighted by Gasteiger charge is -1.98. The summed E-state index contributed by atoms with van der Waals surface area (Å²) >= 11 is 0. The van der Waals surface area contributed by atoms with Crippen LogP contribution in [0.1, 0.15) is 90.9 Å². The Morgan fingerprint density at radius 2 is 0.864 bits per heavy atom. The van der Waals surface area contributed by atoms with Gasteiger partial charge in [-0.05, 0) is 25.7 Å². The van der Waals surface area contributed by atoms with Crippen LogP contribution in [0.25, 0.3) is 0 Å². The van der Waals surface area contributed by atoms with Gasteiger partial charge in [0.15, 0.2) is 0 Å². The van der Waals surface area contributed by atoms with E-state index >= 15 is 0 Å². The minimum Gasteiger partial charge on any atom is -0.392 e. The molecule has 0 aliphatic carbocycles. The number of allylic oxidation sites excluding steroid dienone is 2. The fraction of sp³-hybridized carbons (Fsp3) is 0.800. The van der Waals surface area contributed by atoms with E-state index in [1.54, 1.807) is 6.08 Å². The van der Waals surface area contributed by atoms with Crippen LogP contribution >= 0.6 is 0 Å². The molecule has 0 rings (SSSR count). The second-order valence-electron chi connectivity index (χ2n) is 5.71. The first-order valence-corrected chi connectivity index (χ1v) is 9.35. The normalized spacial score (nSPS) is 11.1. The van der Waals surface area contributed by atoms with Crippen LogP contribution in [0.5, 0.6) is 0 Å². The standard InChI is InChI=1S/C12H24O.C8H16O/c1-2-3-4-5-6-7-8-9-10-11-12-13;1-2-3-4-5-6-7-8-9/h10-11,13H,2-9,12H2,1H3;6-7,9H,2-5,8H2,1H3. The molecule has 0 fully saturated rings. The summed E-state index contributed by atoms with van der Waals surface area (Å²) < 4.78 is 0. The molecule has 0 saturated heterocycles. The fourth-order valence-electron chi connectivity index (χ4n) is 2.12. The Hall–Kier alpha value is -0.600. The summed E-state index contributed by atoms with van der Waals surface area (Å²) in [5.41, 5.74) is 0. The van der Waals surface area contributed by atoms with E-state index in [-0.39, 0.29) is 13.2 Å². The summed E-state index contributed by atoms with van der Waals surface area (Å²) in [6.07, 6.45) is 23.4. The third-order valence-corrected chi connectivity index (χ3v) is 3.49. The highest BCUT2D eigenvalue weighted by Crippen LogP contribution is 2.08. The third-order valence-electron chi connectivity index (χ3n) is 3.49. The van der Waals surface area contributed by atoms with Gasteiger partial charge in [0.2, 0.25) is 0 Å². The summed E-state index contributed by atoms with van der Waals surface area (Å²) in [5, 5.41) is 16.8. The number of aliphatic hydroxyl groups excluding tert-OH is 2. The lowest BCUT2D eigenvalue weighted by atomic mass is 10.1. The van der Waals surface area contributed by atoms with Gasteiger partial charge in [0.1, 0.15) is 0 Å². The minimum absolute atomic E-state index is 0.187. The van der Waals surface area contributed by atoms with Gasteiger partial charge in [-0.3, -0.25) is 0 Å². The molecule has 0 heterocycles. The van der Waals surface area contributed by atoms with Gasteiger partial charge >= 0.3 is 0 Å². The second-order valence-corrected chi connectivity index (χ2v) is 5.71. The fourth-order valence-corrected chi connectivity index (χ4v) is 2.12. The Balaban J connectivity index is 0. The number of hydrogen-bond donors (Lipinski definition) is 2. The molecule has 0 spiro atoms. The highest BCUT2D eigenvalue weighted by molar-refractivity contribution is 4.80. The Kier molecular flexibility index (Phi) is 27.3. The molecule has 22 heavy (non-hydrogen) atoms. The Morgan fingerprint density at radius 3 is 1.32 bits per heavy atom. The number of rotatable bonds is 14. The molecule has 0 amide bonds. The first-order valence-electron chi connectivity index (χ1n) is 9.35. The molecular formula is C20H40O2. The van der Waals surface area contributed by atoms with Gasteiger partial charge in [-0.15, -0.1) is 0 Å². The molecule has 0 radical (unpaired) electrons. The Labute approximate surface area is 139 Å². The molecule has 0 saturated carbocycles. The summed E-state index contributed by atoms with van der Waals surface area (Å²) in [5.74, 6) is 0. The summed E-state index contributed by atoms with van der Waals surface area (Å²) in [7, 11) is 0. The van der Waals surface area contributed by atoms with Gasteiger partial charge < -0.3 is 10.2 Å². The van der Waals surface area contributed by atoms with Crippen molar-refractivity contribution >= 4 is 0 Å². The van der Waals surface area contributed by atoms with E-state index in [4.69, 9.17) is 10.2 Å². The Bertz CT molecular complexity index is 222. The molecule has 0 unspecified atom stereocenters. The molecule has 2 heteroatoms. The molecule has 0 aromatic heterocycles. The number of aliphatic hydroxyl groups is 2. The van der Waals surface area contributed by atoms with Crippen molar-refractivity contribution in [3.05, 3.63) is 24.3 Å². The molecule has 2 nitrogen and oxygen atoms in total. The first kappa shape index (κ1) is 23.7. The van der Waals surface area contributed by atoms with Crippen molar-refractivity contribution in [3.63, 3.8) is 0 Å². The zero-order valence-electron chi connectivity index (χ0n) is 15.1. The van der Waals surface area contributed by atoms with Crippen molar-refractivity contribution < 1.29 is 10.2 Å². The van der Waals surface area contributed by atoms with Gasteiger partial charge in [-0.25, -0.2) is 0 Å². The van der Waals surface area contributed by atoms with Crippen LogP contribution in [0.4, 0.5) is 0 Å². The van der Waals surface area contributed by atoms with Crippen LogP contribution in [0.3, 0.4) is 0 Å². The summed E-state index contributed by atoms with van der Waals surface area (Å²) in [6.45, 7) is 4.82. The summed E-state index contributed by atoms with van der Waals surface area (Å²) in [4.78, 5) is 0. The van der Waals surface area contributed by atoms with Crippen LogP contribution in [-0.4, -0.2) is 23.4 Å². The highest BCUT2D eigenvalue weighted by atomic mass is 16.3. The SMILES string of the molecule is CCCCCC=CCO.CCCCCCCCCC=CCO. The Morgan fingerprint density at radius 1 is 0.500 bits per heavy atom. The van der Waals surface area contributed by atoms with E-state index in [0.29, 0.717) is 0 Å². The van der Waals surface area contributed by atoms with E-state index in [0.717, 1.165) is 12.8 Å². The lowest BCUT2D eigenvalue weighted by molar-refractivity contribution is 0.342. The van der Waals surface area contributed by atoms with Crippen LogP contribution in [-0.2, 0) is 0 Å². The maximum atomic E-state index is 8.48. The van der Waals surface area contributed by atoms with Crippen molar-refractivity contribution in [1.82, 2.24) is 0 Å². The van der Waals surface area contributed by atoms with E-state index in [1.807, 2.05) is 12.2 Å². The topological polar surface area (TPSA) is 40.5 Å². The van der Waals surface area contributed by atoms with Gasteiger partial charge in [-0.2, -0.15) is 0 Å². The van der Waals surface area contributed by atoms with E-state index in [1.165, 1.54) is 64.2 Å². The lowest BCUT2D eigenvalue weighted by Crippen LogP contribution is -1.79. The van der Waals surface area contributed by atoms with E-state index in [2.05, 4.69) is 19.9 Å². The maximum Gasteiger partial charge on any atom is 0.0612 e. The average Bonchev–Trinajstić information content (AvgIpc) is 2.54. The second kappa shape index (κ2) is 25.4. The van der Waals surface area contributed by atoms with Gasteiger partial charge in [0, 0.05) is 0 Å². The quantitative estimate of drug-likeness (QED) is 0.315. The van der Waals surface area contributed by atoms with Crippen LogP contribution in [0, 0.1) is 0 Å². The van der Waals surface area contributed by atoms with Crippen molar-refractivity contribution in [1.29, 1.82) is 0 Å². The maximum absolute atomic E-state index is 8.48. The molecule has 0 aromatic carbocycles. The van der Waals surface area contributed by atoms with E-state index in [9.17, 15) is 0 Å². The molecule has 0 aromatic rings. The summed E-state index contributed by atoms with van der Waals surface area (Å²) in [6, 6.07) is 0. The van der Waals surface area contributed by atoms with Crippen molar-refractivity contribution in [2.24, 2.45) is 0 Å². The predicted molar refractivity (Wildman–Crippen MR) is 99.2 cm³/mol. The third kappa shape index (κ3) is 27.7. The van der Waals surface area contributed by atoms with Crippen molar-refractivity contribution in [3.8, 4) is 0 Å². The van der Waals surface area contributed by atoms with E-state index < -0.39 is 0 Å². The zero-order chi connectivity index (χ0) is 16.7. The molecule has 132 valence electrons. The van der Waals surface area contributed by atoms with Gasteiger partial charge in [-0.1, -0.05) is 89.5 Å². The molecule has 0 aliphatic rings. The smallest absolute Gasteiger partial charge is 0.0612 e. The van der Waals surface area contributed by atoms with Crippen LogP contribution < -0.4 is 0 Å². The minimum atomic E-state index is 0.187. The first-order chi connectivity index (χ1) is 10.8.